The van der Waals surface area contributed by atoms with Crippen LogP contribution in [0, 0.1) is 10.1 Å². The molecule has 1 aromatic carbocycles. The monoisotopic (exact) mass is 288 g/mol. The highest BCUT2D eigenvalue weighted by Crippen LogP contribution is 2.28. The van der Waals surface area contributed by atoms with Gasteiger partial charge in [0.05, 0.1) is 22.7 Å². The van der Waals surface area contributed by atoms with Crippen molar-refractivity contribution in [3.63, 3.8) is 0 Å². The Labute approximate surface area is 123 Å². The second kappa shape index (κ2) is 5.81. The molecule has 6 heteroatoms. The average Bonchev–Trinajstić information content (AvgIpc) is 2.91. The van der Waals surface area contributed by atoms with Crippen LogP contribution >= 0.6 is 0 Å². The summed E-state index contributed by atoms with van der Waals surface area (Å²) in [7, 11) is 0. The Morgan fingerprint density at radius 2 is 2.14 bits per heavy atom. The lowest BCUT2D eigenvalue weighted by atomic mass is 10.0. The molecule has 0 unspecified atom stereocenters. The van der Waals surface area contributed by atoms with Crippen LogP contribution in [0.15, 0.2) is 24.4 Å². The molecule has 1 saturated heterocycles. The lowest BCUT2D eigenvalue weighted by Gasteiger charge is -2.32. The Morgan fingerprint density at radius 3 is 2.81 bits per heavy atom. The largest absolute Gasteiger partial charge is 0.303 e. The molecule has 21 heavy (non-hydrogen) atoms. The maximum atomic E-state index is 10.8. The van der Waals surface area contributed by atoms with Gasteiger partial charge in [0.15, 0.2) is 0 Å². The Kier molecular flexibility index (Phi) is 3.88. The maximum Gasteiger partial charge on any atom is 0.270 e. The minimum Gasteiger partial charge on any atom is -0.303 e. The lowest BCUT2D eigenvalue weighted by molar-refractivity contribution is -0.384. The third kappa shape index (κ3) is 2.76. The third-order valence-electron chi connectivity index (χ3n) is 4.23. The number of benzene rings is 1. The van der Waals surface area contributed by atoms with Crippen molar-refractivity contribution < 1.29 is 4.92 Å². The van der Waals surface area contributed by atoms with Crippen LogP contribution in [0.1, 0.15) is 32.2 Å². The lowest BCUT2D eigenvalue weighted by Crippen LogP contribution is -2.35. The first kappa shape index (κ1) is 14.0. The van der Waals surface area contributed by atoms with E-state index >= 15 is 0 Å². The standard InChI is InChI=1S/C15H20N4O2/c1-2-7-17-8-5-13(6-9-17)18-15-4-3-14(19(20)21)10-12(15)11-16-18/h3-4,10-11,13H,2,5-9H2,1H3. The van der Waals surface area contributed by atoms with Gasteiger partial charge in [0, 0.05) is 30.6 Å². The molecule has 0 N–H and O–H groups in total. The van der Waals surface area contributed by atoms with Crippen LogP contribution in [-0.2, 0) is 0 Å². The average molecular weight is 288 g/mol. The van der Waals surface area contributed by atoms with Crippen LogP contribution in [0.2, 0.25) is 0 Å². The van der Waals surface area contributed by atoms with Crippen LogP contribution in [0.4, 0.5) is 5.69 Å². The smallest absolute Gasteiger partial charge is 0.270 e. The van der Waals surface area contributed by atoms with Gasteiger partial charge in [-0.3, -0.25) is 14.8 Å². The molecule has 3 rings (SSSR count). The molecule has 1 fully saturated rings. The van der Waals surface area contributed by atoms with E-state index in [1.54, 1.807) is 18.3 Å². The molecule has 1 aromatic heterocycles. The van der Waals surface area contributed by atoms with Crippen LogP contribution in [-0.4, -0.2) is 39.2 Å². The SMILES string of the molecule is CCCN1CCC(n2ncc3cc([N+](=O)[O-])ccc32)CC1. The number of piperidine rings is 1. The summed E-state index contributed by atoms with van der Waals surface area (Å²) in [6.45, 7) is 5.58. The van der Waals surface area contributed by atoms with E-state index in [0.717, 1.165) is 36.8 Å². The zero-order valence-corrected chi connectivity index (χ0v) is 12.2. The van der Waals surface area contributed by atoms with Crippen molar-refractivity contribution in [1.82, 2.24) is 14.7 Å². The second-order valence-corrected chi connectivity index (χ2v) is 5.66. The topological polar surface area (TPSA) is 64.2 Å². The number of hydrogen-bond donors (Lipinski definition) is 0. The molecule has 0 amide bonds. The normalized spacial score (nSPS) is 17.4. The summed E-state index contributed by atoms with van der Waals surface area (Å²) in [5.74, 6) is 0. The van der Waals surface area contributed by atoms with E-state index in [2.05, 4.69) is 16.9 Å². The number of nitrogens with zero attached hydrogens (tertiary/aromatic N) is 4. The van der Waals surface area contributed by atoms with Gasteiger partial charge in [0.2, 0.25) is 0 Å². The number of fused-ring (bicyclic) bond motifs is 1. The fourth-order valence-corrected chi connectivity index (χ4v) is 3.15. The van der Waals surface area contributed by atoms with Gasteiger partial charge in [-0.25, -0.2) is 0 Å². The van der Waals surface area contributed by atoms with Crippen molar-refractivity contribution in [2.24, 2.45) is 0 Å². The Balaban J connectivity index is 1.80. The Morgan fingerprint density at radius 1 is 1.38 bits per heavy atom. The number of non-ortho nitro benzene ring substituents is 1. The van der Waals surface area contributed by atoms with E-state index in [1.807, 2.05) is 10.7 Å². The van der Waals surface area contributed by atoms with Gasteiger partial charge in [0.1, 0.15) is 0 Å². The van der Waals surface area contributed by atoms with Gasteiger partial charge in [-0.1, -0.05) is 6.92 Å². The zero-order valence-electron chi connectivity index (χ0n) is 12.2. The summed E-state index contributed by atoms with van der Waals surface area (Å²) in [4.78, 5) is 13.0. The molecular formula is C15H20N4O2. The van der Waals surface area contributed by atoms with E-state index in [-0.39, 0.29) is 10.6 Å². The molecule has 0 aliphatic carbocycles. The summed E-state index contributed by atoms with van der Waals surface area (Å²) in [6, 6.07) is 5.38. The quantitative estimate of drug-likeness (QED) is 0.641. The number of nitro benzene ring substituents is 1. The molecule has 1 aliphatic heterocycles. The molecule has 0 radical (unpaired) electrons. The molecule has 2 heterocycles. The van der Waals surface area contributed by atoms with Crippen molar-refractivity contribution in [3.05, 3.63) is 34.5 Å². The molecule has 0 atom stereocenters. The van der Waals surface area contributed by atoms with Crippen molar-refractivity contribution in [2.45, 2.75) is 32.2 Å². The van der Waals surface area contributed by atoms with Gasteiger partial charge < -0.3 is 4.90 Å². The number of aromatic nitrogens is 2. The van der Waals surface area contributed by atoms with E-state index in [9.17, 15) is 10.1 Å². The van der Waals surface area contributed by atoms with Gasteiger partial charge in [-0.15, -0.1) is 0 Å². The minimum absolute atomic E-state index is 0.125. The van der Waals surface area contributed by atoms with E-state index in [4.69, 9.17) is 0 Å². The minimum atomic E-state index is -0.361. The number of rotatable bonds is 4. The van der Waals surface area contributed by atoms with Gasteiger partial charge >= 0.3 is 0 Å². The summed E-state index contributed by atoms with van der Waals surface area (Å²) < 4.78 is 2.04. The predicted molar refractivity (Wildman–Crippen MR) is 81.4 cm³/mol. The highest BCUT2D eigenvalue weighted by molar-refractivity contribution is 5.81. The number of nitro groups is 1. The number of likely N-dealkylation sites (tertiary alicyclic amines) is 1. The van der Waals surface area contributed by atoms with E-state index in [0.29, 0.717) is 6.04 Å². The van der Waals surface area contributed by atoms with Gasteiger partial charge in [-0.2, -0.15) is 5.10 Å². The molecule has 0 bridgehead atoms. The molecule has 0 saturated carbocycles. The fraction of sp³-hybridized carbons (Fsp3) is 0.533. The maximum absolute atomic E-state index is 10.8. The summed E-state index contributed by atoms with van der Waals surface area (Å²) >= 11 is 0. The van der Waals surface area contributed by atoms with Crippen LogP contribution in [0.5, 0.6) is 0 Å². The third-order valence-corrected chi connectivity index (χ3v) is 4.23. The fourth-order valence-electron chi connectivity index (χ4n) is 3.15. The predicted octanol–water partition coefficient (Wildman–Crippen LogP) is 2.99. The molecule has 2 aromatic rings. The second-order valence-electron chi connectivity index (χ2n) is 5.66. The zero-order chi connectivity index (χ0) is 14.8. The Bertz CT molecular complexity index is 644. The number of hydrogen-bond acceptors (Lipinski definition) is 4. The summed E-state index contributed by atoms with van der Waals surface area (Å²) in [5.41, 5.74) is 1.12. The van der Waals surface area contributed by atoms with E-state index in [1.165, 1.54) is 13.0 Å². The summed E-state index contributed by atoms with van der Waals surface area (Å²) in [5, 5.41) is 16.1. The van der Waals surface area contributed by atoms with Crippen LogP contribution < -0.4 is 0 Å². The van der Waals surface area contributed by atoms with Gasteiger partial charge in [-0.05, 0) is 31.9 Å². The molecule has 6 nitrogen and oxygen atoms in total. The Hall–Kier alpha value is -1.95. The molecule has 1 aliphatic rings. The van der Waals surface area contributed by atoms with Crippen molar-refractivity contribution in [3.8, 4) is 0 Å². The molecule has 0 spiro atoms. The van der Waals surface area contributed by atoms with Crippen molar-refractivity contribution in [2.75, 3.05) is 19.6 Å². The van der Waals surface area contributed by atoms with Crippen LogP contribution in [0.3, 0.4) is 0 Å². The first-order valence-corrected chi connectivity index (χ1v) is 7.53. The van der Waals surface area contributed by atoms with Crippen LogP contribution in [0.25, 0.3) is 10.9 Å². The first-order valence-electron chi connectivity index (χ1n) is 7.53. The highest BCUT2D eigenvalue weighted by atomic mass is 16.6. The summed E-state index contributed by atoms with van der Waals surface area (Å²) in [6.07, 6.45) is 5.11. The van der Waals surface area contributed by atoms with E-state index < -0.39 is 0 Å². The first-order chi connectivity index (χ1) is 10.2. The van der Waals surface area contributed by atoms with Crippen molar-refractivity contribution >= 4 is 16.6 Å². The molecule has 112 valence electrons. The van der Waals surface area contributed by atoms with Crippen molar-refractivity contribution in [1.29, 1.82) is 0 Å². The van der Waals surface area contributed by atoms with Gasteiger partial charge in [0.25, 0.3) is 5.69 Å². The highest BCUT2D eigenvalue weighted by Gasteiger charge is 2.22. The molecular weight excluding hydrogens is 268 g/mol.